The monoisotopic (exact) mass is 288 g/mol. The molecule has 0 radical (unpaired) electrons. The number of rotatable bonds is 7. The summed E-state index contributed by atoms with van der Waals surface area (Å²) >= 11 is 0. The van der Waals surface area contributed by atoms with E-state index >= 15 is 0 Å². The average molecular weight is 288 g/mol. The molecule has 108 valence electrons. The first-order chi connectivity index (χ1) is 8.86. The van der Waals surface area contributed by atoms with Crippen LogP contribution in [0.25, 0.3) is 0 Å². The van der Waals surface area contributed by atoms with Crippen LogP contribution in [0.5, 0.6) is 0 Å². The molecule has 6 nitrogen and oxygen atoms in total. The number of methoxy groups -OCH3 is 1. The van der Waals surface area contributed by atoms with Crippen molar-refractivity contribution in [3.05, 3.63) is 23.8 Å². The first-order valence-corrected chi connectivity index (χ1v) is 7.38. The summed E-state index contributed by atoms with van der Waals surface area (Å²) in [6.45, 7) is 2.02. The predicted octanol–water partition coefficient (Wildman–Crippen LogP) is 0.253. The number of hydrogen-bond donors (Lipinski definition) is 3. The summed E-state index contributed by atoms with van der Waals surface area (Å²) in [7, 11) is -2.13. The molecule has 0 heterocycles. The zero-order valence-electron chi connectivity index (χ0n) is 11.1. The molecule has 0 aromatic heterocycles. The van der Waals surface area contributed by atoms with Crippen molar-refractivity contribution in [3.8, 4) is 0 Å². The molecule has 4 N–H and O–H groups in total. The quantitative estimate of drug-likeness (QED) is 0.624. The molecular weight excluding hydrogens is 268 g/mol. The maximum absolute atomic E-state index is 12.1. The molecule has 1 atom stereocenters. The third kappa shape index (κ3) is 4.79. The Morgan fingerprint density at radius 2 is 2.16 bits per heavy atom. The molecule has 0 spiro atoms. The number of aliphatic hydroxyl groups is 1. The molecule has 0 bridgehead atoms. The van der Waals surface area contributed by atoms with Crippen molar-refractivity contribution >= 4 is 15.7 Å². The summed E-state index contributed by atoms with van der Waals surface area (Å²) in [4.78, 5) is 0.161. The minimum atomic E-state index is -3.61. The largest absolute Gasteiger partial charge is 0.399 e. The molecule has 0 fully saturated rings. The van der Waals surface area contributed by atoms with Gasteiger partial charge in [-0.25, -0.2) is 13.1 Å². The minimum absolute atomic E-state index is 0.140. The topological polar surface area (TPSA) is 102 Å². The van der Waals surface area contributed by atoms with Crippen molar-refractivity contribution in [2.45, 2.75) is 24.3 Å². The third-order valence-corrected chi connectivity index (χ3v) is 4.23. The Morgan fingerprint density at radius 1 is 1.47 bits per heavy atom. The number of hydrogen-bond acceptors (Lipinski definition) is 5. The zero-order chi connectivity index (χ0) is 14.5. The van der Waals surface area contributed by atoms with E-state index in [1.54, 1.807) is 19.1 Å². The standard InChI is InChI=1S/C12H20N2O4S/c1-9-3-4-10(13)7-12(9)19(16,17)14-6-5-11(15)8-18-2/h3-4,7,11,14-15H,5-6,8,13H2,1-2H3. The predicted molar refractivity (Wildman–Crippen MR) is 73.3 cm³/mol. The van der Waals surface area contributed by atoms with Crippen molar-refractivity contribution < 1.29 is 18.3 Å². The molecule has 19 heavy (non-hydrogen) atoms. The highest BCUT2D eigenvalue weighted by Crippen LogP contribution is 2.17. The van der Waals surface area contributed by atoms with Crippen LogP contribution >= 0.6 is 0 Å². The van der Waals surface area contributed by atoms with Gasteiger partial charge in [0, 0.05) is 19.3 Å². The fourth-order valence-electron chi connectivity index (χ4n) is 1.62. The molecule has 1 aromatic rings. The Hall–Kier alpha value is -1.15. The Kier molecular flexibility index (Phi) is 5.74. The second-order valence-electron chi connectivity index (χ2n) is 4.32. The van der Waals surface area contributed by atoms with E-state index in [2.05, 4.69) is 4.72 Å². The van der Waals surface area contributed by atoms with Crippen molar-refractivity contribution in [1.82, 2.24) is 4.72 Å². The lowest BCUT2D eigenvalue weighted by atomic mass is 10.2. The van der Waals surface area contributed by atoms with Gasteiger partial charge >= 0.3 is 0 Å². The SMILES string of the molecule is COCC(O)CCNS(=O)(=O)c1cc(N)ccc1C. The molecule has 1 unspecified atom stereocenters. The van der Waals surface area contributed by atoms with Crippen LogP contribution in [0.4, 0.5) is 5.69 Å². The molecule has 0 amide bonds. The van der Waals surface area contributed by atoms with Crippen LogP contribution in [0.1, 0.15) is 12.0 Å². The fraction of sp³-hybridized carbons (Fsp3) is 0.500. The van der Waals surface area contributed by atoms with E-state index in [4.69, 9.17) is 10.5 Å². The normalized spacial score (nSPS) is 13.4. The van der Waals surface area contributed by atoms with Crippen LogP contribution in [0.2, 0.25) is 0 Å². The molecule has 0 saturated carbocycles. The van der Waals surface area contributed by atoms with E-state index in [0.29, 0.717) is 11.3 Å². The maximum Gasteiger partial charge on any atom is 0.240 e. The molecule has 1 aromatic carbocycles. The van der Waals surface area contributed by atoms with Gasteiger partial charge in [-0.2, -0.15) is 0 Å². The van der Waals surface area contributed by atoms with Crippen LogP contribution in [-0.2, 0) is 14.8 Å². The van der Waals surface area contributed by atoms with Gasteiger partial charge in [-0.15, -0.1) is 0 Å². The van der Waals surface area contributed by atoms with Crippen LogP contribution in [0.3, 0.4) is 0 Å². The van der Waals surface area contributed by atoms with Crippen molar-refractivity contribution in [3.63, 3.8) is 0 Å². The van der Waals surface area contributed by atoms with Crippen LogP contribution in [0, 0.1) is 6.92 Å². The van der Waals surface area contributed by atoms with E-state index in [9.17, 15) is 13.5 Å². The van der Waals surface area contributed by atoms with Crippen molar-refractivity contribution in [2.75, 3.05) is 26.0 Å². The Labute approximate surface area is 113 Å². The number of benzene rings is 1. The van der Waals surface area contributed by atoms with E-state index in [0.717, 1.165) is 0 Å². The summed E-state index contributed by atoms with van der Waals surface area (Å²) in [6, 6.07) is 4.73. The van der Waals surface area contributed by atoms with Gasteiger partial charge in [0.05, 0.1) is 17.6 Å². The Balaban J connectivity index is 2.68. The number of nitrogens with two attached hydrogens (primary N) is 1. The summed E-state index contributed by atoms with van der Waals surface area (Å²) in [5.41, 5.74) is 6.61. The van der Waals surface area contributed by atoms with Gasteiger partial charge in [0.2, 0.25) is 10.0 Å². The number of sulfonamides is 1. The Bertz CT molecular complexity index is 516. The summed E-state index contributed by atoms with van der Waals surface area (Å²) in [5.74, 6) is 0. The van der Waals surface area contributed by atoms with E-state index < -0.39 is 16.1 Å². The lowest BCUT2D eigenvalue weighted by molar-refractivity contribution is 0.0603. The molecule has 0 aliphatic heterocycles. The van der Waals surface area contributed by atoms with Gasteiger partial charge in [0.25, 0.3) is 0 Å². The number of aryl methyl sites for hydroxylation is 1. The number of nitrogen functional groups attached to an aromatic ring is 1. The van der Waals surface area contributed by atoms with Crippen molar-refractivity contribution in [1.29, 1.82) is 0 Å². The average Bonchev–Trinajstić information content (AvgIpc) is 2.32. The second kappa shape index (κ2) is 6.85. The first kappa shape index (κ1) is 15.9. The second-order valence-corrected chi connectivity index (χ2v) is 6.06. The summed E-state index contributed by atoms with van der Waals surface area (Å²) in [5, 5.41) is 9.44. The Morgan fingerprint density at radius 3 is 2.79 bits per heavy atom. The highest BCUT2D eigenvalue weighted by atomic mass is 32.2. The number of nitrogens with one attached hydrogen (secondary N) is 1. The van der Waals surface area contributed by atoms with Crippen LogP contribution in [0.15, 0.2) is 23.1 Å². The van der Waals surface area contributed by atoms with Gasteiger partial charge in [-0.05, 0) is 31.0 Å². The highest BCUT2D eigenvalue weighted by Gasteiger charge is 2.17. The van der Waals surface area contributed by atoms with Gasteiger partial charge in [0.1, 0.15) is 0 Å². The van der Waals surface area contributed by atoms with Crippen LogP contribution in [-0.4, -0.2) is 39.9 Å². The molecule has 7 heteroatoms. The lowest BCUT2D eigenvalue weighted by Gasteiger charge is -2.12. The molecular formula is C12H20N2O4S. The van der Waals surface area contributed by atoms with E-state index in [1.165, 1.54) is 13.2 Å². The molecule has 0 aliphatic rings. The first-order valence-electron chi connectivity index (χ1n) is 5.89. The van der Waals surface area contributed by atoms with Crippen LogP contribution < -0.4 is 10.5 Å². The minimum Gasteiger partial charge on any atom is -0.399 e. The lowest BCUT2D eigenvalue weighted by Crippen LogP contribution is -2.29. The number of ether oxygens (including phenoxy) is 1. The van der Waals surface area contributed by atoms with Gasteiger partial charge < -0.3 is 15.6 Å². The van der Waals surface area contributed by atoms with E-state index in [-0.39, 0.29) is 24.5 Å². The summed E-state index contributed by atoms with van der Waals surface area (Å²) in [6.07, 6.45) is -0.399. The summed E-state index contributed by atoms with van der Waals surface area (Å²) < 4.78 is 31.3. The number of aliphatic hydroxyl groups excluding tert-OH is 1. The van der Waals surface area contributed by atoms with Gasteiger partial charge in [0.15, 0.2) is 0 Å². The van der Waals surface area contributed by atoms with Gasteiger partial charge in [-0.1, -0.05) is 6.07 Å². The smallest absolute Gasteiger partial charge is 0.240 e. The van der Waals surface area contributed by atoms with Gasteiger partial charge in [-0.3, -0.25) is 0 Å². The third-order valence-electron chi connectivity index (χ3n) is 2.63. The zero-order valence-corrected chi connectivity index (χ0v) is 11.9. The number of anilines is 1. The van der Waals surface area contributed by atoms with E-state index in [1.807, 2.05) is 0 Å². The molecule has 1 rings (SSSR count). The molecule has 0 aliphatic carbocycles. The highest BCUT2D eigenvalue weighted by molar-refractivity contribution is 7.89. The van der Waals surface area contributed by atoms with Crippen molar-refractivity contribution in [2.24, 2.45) is 0 Å². The fourth-order valence-corrected chi connectivity index (χ4v) is 2.94. The molecule has 0 saturated heterocycles. The maximum atomic E-state index is 12.1.